The minimum Gasteiger partial charge on any atom is -0.468 e. The molecule has 0 aliphatic rings. The first kappa shape index (κ1) is 22.7. The third-order valence-corrected chi connectivity index (χ3v) is 4.24. The Bertz CT molecular complexity index is 960. The monoisotopic (exact) mass is 415 g/mol. The Labute approximate surface area is 174 Å². The van der Waals surface area contributed by atoms with Crippen molar-refractivity contribution in [2.75, 3.05) is 19.0 Å². The van der Waals surface area contributed by atoms with Crippen molar-refractivity contribution in [1.29, 1.82) is 0 Å². The maximum absolute atomic E-state index is 12.6. The second-order valence-electron chi connectivity index (χ2n) is 6.87. The topological polar surface area (TPSA) is 127 Å². The van der Waals surface area contributed by atoms with Gasteiger partial charge in [0.15, 0.2) is 0 Å². The van der Waals surface area contributed by atoms with Crippen molar-refractivity contribution < 1.29 is 28.7 Å². The number of aromatic nitrogens is 1. The molecule has 2 aromatic rings. The van der Waals surface area contributed by atoms with Crippen LogP contribution in [0.3, 0.4) is 0 Å². The van der Waals surface area contributed by atoms with Gasteiger partial charge in [0.05, 0.1) is 18.8 Å². The highest BCUT2D eigenvalue weighted by Gasteiger charge is 2.23. The van der Waals surface area contributed by atoms with E-state index in [0.717, 1.165) is 0 Å². The first-order valence-corrected chi connectivity index (χ1v) is 9.30. The largest absolute Gasteiger partial charge is 0.468 e. The van der Waals surface area contributed by atoms with Gasteiger partial charge in [-0.25, -0.2) is 4.79 Å². The van der Waals surface area contributed by atoms with Gasteiger partial charge < -0.3 is 25.1 Å². The molecule has 0 spiro atoms. The molecule has 9 nitrogen and oxygen atoms in total. The van der Waals surface area contributed by atoms with Crippen molar-refractivity contribution >= 4 is 29.4 Å². The number of H-pyrrole nitrogens is 1. The van der Waals surface area contributed by atoms with Gasteiger partial charge in [0.2, 0.25) is 0 Å². The number of anilines is 1. The van der Waals surface area contributed by atoms with Crippen molar-refractivity contribution in [1.82, 2.24) is 10.3 Å². The second kappa shape index (κ2) is 9.73. The number of nitrogens with one attached hydrogen (secondary N) is 3. The molecular formula is C21H25N3O6. The Hall–Kier alpha value is -3.62. The first-order valence-electron chi connectivity index (χ1n) is 9.30. The number of esters is 2. The number of aromatic amines is 1. The fourth-order valence-electron chi connectivity index (χ4n) is 2.78. The molecule has 0 saturated carbocycles. The van der Waals surface area contributed by atoms with Crippen LogP contribution in [0.1, 0.15) is 56.3 Å². The Morgan fingerprint density at radius 1 is 1.03 bits per heavy atom. The normalized spacial score (nSPS) is 10.5. The number of amides is 2. The van der Waals surface area contributed by atoms with E-state index in [9.17, 15) is 19.2 Å². The van der Waals surface area contributed by atoms with E-state index in [2.05, 4.69) is 20.4 Å². The van der Waals surface area contributed by atoms with Gasteiger partial charge in [0, 0.05) is 16.9 Å². The molecule has 0 aliphatic carbocycles. The van der Waals surface area contributed by atoms with Crippen molar-refractivity contribution in [2.24, 2.45) is 0 Å². The average Bonchev–Trinajstić information content (AvgIpc) is 3.00. The van der Waals surface area contributed by atoms with E-state index < -0.39 is 23.8 Å². The number of ether oxygens (including phenoxy) is 2. The molecule has 9 heteroatoms. The smallest absolute Gasteiger partial charge is 0.340 e. The van der Waals surface area contributed by atoms with Crippen molar-refractivity contribution in [3.05, 3.63) is 52.3 Å². The van der Waals surface area contributed by atoms with E-state index in [-0.39, 0.29) is 18.3 Å². The lowest BCUT2D eigenvalue weighted by atomic mass is 10.1. The van der Waals surface area contributed by atoms with E-state index >= 15 is 0 Å². The van der Waals surface area contributed by atoms with E-state index in [4.69, 9.17) is 4.74 Å². The number of rotatable bonds is 7. The molecular weight excluding hydrogens is 390 g/mol. The Balaban J connectivity index is 2.09. The van der Waals surface area contributed by atoms with Crippen molar-refractivity contribution in [3.63, 3.8) is 0 Å². The van der Waals surface area contributed by atoms with Crippen LogP contribution in [0.25, 0.3) is 0 Å². The molecule has 2 amide bonds. The minimum atomic E-state index is -0.555. The van der Waals surface area contributed by atoms with Crippen LogP contribution in [0.15, 0.2) is 24.3 Å². The van der Waals surface area contributed by atoms with Gasteiger partial charge >= 0.3 is 11.9 Å². The summed E-state index contributed by atoms with van der Waals surface area (Å²) >= 11 is 0. The zero-order valence-electron chi connectivity index (χ0n) is 17.5. The SMILES string of the molecule is COC(=O)CNC(=O)c1ccc(NC(=O)c2[nH]c(C)c(C(=O)OC(C)C)c2C)cc1. The Morgan fingerprint density at radius 2 is 1.67 bits per heavy atom. The van der Waals surface area contributed by atoms with E-state index in [1.54, 1.807) is 39.8 Å². The van der Waals surface area contributed by atoms with Gasteiger partial charge in [0.1, 0.15) is 12.2 Å². The highest BCUT2D eigenvalue weighted by atomic mass is 16.5. The van der Waals surface area contributed by atoms with E-state index in [1.165, 1.54) is 19.2 Å². The average molecular weight is 415 g/mol. The number of carbonyl (C=O) groups excluding carboxylic acids is 4. The lowest BCUT2D eigenvalue weighted by molar-refractivity contribution is -0.139. The Morgan fingerprint density at radius 3 is 2.23 bits per heavy atom. The number of hydrogen-bond donors (Lipinski definition) is 3. The predicted molar refractivity (Wildman–Crippen MR) is 110 cm³/mol. The highest BCUT2D eigenvalue weighted by Crippen LogP contribution is 2.21. The summed E-state index contributed by atoms with van der Waals surface area (Å²) in [6.07, 6.45) is -0.271. The maximum Gasteiger partial charge on any atom is 0.340 e. The molecule has 0 fully saturated rings. The lowest BCUT2D eigenvalue weighted by Gasteiger charge is -2.09. The van der Waals surface area contributed by atoms with Crippen LogP contribution in [0.5, 0.6) is 0 Å². The fourth-order valence-corrected chi connectivity index (χ4v) is 2.78. The lowest BCUT2D eigenvalue weighted by Crippen LogP contribution is -2.30. The van der Waals surface area contributed by atoms with Gasteiger partial charge in [-0.05, 0) is 57.5 Å². The number of carbonyl (C=O) groups is 4. The quantitative estimate of drug-likeness (QED) is 0.596. The molecule has 0 saturated heterocycles. The molecule has 2 rings (SSSR count). The number of benzene rings is 1. The van der Waals surface area contributed by atoms with Gasteiger partial charge in [-0.15, -0.1) is 0 Å². The zero-order chi connectivity index (χ0) is 22.4. The third kappa shape index (κ3) is 5.47. The van der Waals surface area contributed by atoms with Gasteiger partial charge in [-0.1, -0.05) is 0 Å². The van der Waals surface area contributed by atoms with Crippen LogP contribution in [-0.2, 0) is 14.3 Å². The summed E-state index contributed by atoms with van der Waals surface area (Å²) < 4.78 is 9.69. The number of hydrogen-bond acceptors (Lipinski definition) is 6. The second-order valence-corrected chi connectivity index (χ2v) is 6.87. The van der Waals surface area contributed by atoms with Crippen molar-refractivity contribution in [2.45, 2.75) is 33.8 Å². The summed E-state index contributed by atoms with van der Waals surface area (Å²) in [5.41, 5.74) is 2.41. The van der Waals surface area contributed by atoms with Crippen LogP contribution >= 0.6 is 0 Å². The minimum absolute atomic E-state index is 0.235. The van der Waals surface area contributed by atoms with Crippen molar-refractivity contribution in [3.8, 4) is 0 Å². The molecule has 0 aliphatic heterocycles. The summed E-state index contributed by atoms with van der Waals surface area (Å²) in [7, 11) is 1.23. The maximum atomic E-state index is 12.6. The molecule has 30 heavy (non-hydrogen) atoms. The van der Waals surface area contributed by atoms with Crippen LogP contribution < -0.4 is 10.6 Å². The summed E-state index contributed by atoms with van der Waals surface area (Å²) in [5, 5.41) is 5.14. The van der Waals surface area contributed by atoms with Gasteiger partial charge in [-0.3, -0.25) is 14.4 Å². The zero-order valence-corrected chi connectivity index (χ0v) is 17.5. The summed E-state index contributed by atoms with van der Waals surface area (Å²) in [6.45, 7) is 6.64. The molecule has 0 atom stereocenters. The van der Waals surface area contributed by atoms with Crippen LogP contribution in [-0.4, -0.2) is 48.5 Å². The summed E-state index contributed by atoms with van der Waals surface area (Å²) in [5.74, 6) is -1.91. The fraction of sp³-hybridized carbons (Fsp3) is 0.333. The van der Waals surface area contributed by atoms with Gasteiger partial charge in [-0.2, -0.15) is 0 Å². The van der Waals surface area contributed by atoms with E-state index in [0.29, 0.717) is 28.1 Å². The molecule has 0 radical (unpaired) electrons. The first-order chi connectivity index (χ1) is 14.1. The molecule has 0 bridgehead atoms. The summed E-state index contributed by atoms with van der Waals surface area (Å²) in [4.78, 5) is 50.9. The van der Waals surface area contributed by atoms with E-state index in [1.807, 2.05) is 0 Å². The Kier molecular flexibility index (Phi) is 7.35. The number of methoxy groups -OCH3 is 1. The van der Waals surface area contributed by atoms with Crippen LogP contribution in [0, 0.1) is 13.8 Å². The van der Waals surface area contributed by atoms with Crippen LogP contribution in [0.4, 0.5) is 5.69 Å². The van der Waals surface area contributed by atoms with Gasteiger partial charge in [0.25, 0.3) is 11.8 Å². The molecule has 0 unspecified atom stereocenters. The molecule has 1 aromatic carbocycles. The molecule has 160 valence electrons. The third-order valence-electron chi connectivity index (χ3n) is 4.24. The van der Waals surface area contributed by atoms with Crippen LogP contribution in [0.2, 0.25) is 0 Å². The number of aryl methyl sites for hydroxylation is 1. The highest BCUT2D eigenvalue weighted by molar-refractivity contribution is 6.07. The standard InChI is InChI=1S/C21H25N3O6/c1-11(2)30-21(28)17-12(3)18(23-13(17)4)20(27)24-15-8-6-14(7-9-15)19(26)22-10-16(25)29-5/h6-9,11,23H,10H2,1-5H3,(H,22,26)(H,24,27). The molecule has 1 aromatic heterocycles. The molecule has 3 N–H and O–H groups in total. The molecule has 1 heterocycles. The summed E-state index contributed by atoms with van der Waals surface area (Å²) in [6, 6.07) is 6.15. The predicted octanol–water partition coefficient (Wildman–Crippen LogP) is 2.35.